The molecule has 0 heteroatoms. The van der Waals surface area contributed by atoms with Crippen molar-refractivity contribution in [2.45, 2.75) is 126 Å². The van der Waals surface area contributed by atoms with E-state index in [4.69, 9.17) is 0 Å². The Morgan fingerprint density at radius 2 is 1.17 bits per heavy atom. The molecule has 0 aromatic carbocycles. The fourth-order valence-electron chi connectivity index (χ4n) is 12.1. The van der Waals surface area contributed by atoms with Gasteiger partial charge in [-0.3, -0.25) is 0 Å². The van der Waals surface area contributed by atoms with Crippen LogP contribution in [0.15, 0.2) is 0 Å². The van der Waals surface area contributed by atoms with Gasteiger partial charge < -0.3 is 0 Å². The molecule has 0 aliphatic heterocycles. The molecule has 9 atom stereocenters. The first-order valence-corrected chi connectivity index (χ1v) is 13.9. The number of fused-ring (bicyclic) bond motifs is 7. The van der Waals surface area contributed by atoms with Crippen LogP contribution in [-0.2, 0) is 0 Å². The van der Waals surface area contributed by atoms with E-state index >= 15 is 0 Å². The molecule has 0 bridgehead atoms. The molecule has 5 aliphatic carbocycles. The highest BCUT2D eigenvalue weighted by atomic mass is 14.7. The highest BCUT2D eigenvalue weighted by Crippen LogP contribution is 2.78. The Balaban J connectivity index is 1.52. The first kappa shape index (κ1) is 21.8. The molecule has 0 spiro atoms. The minimum atomic E-state index is 0.561. The normalized spacial score (nSPS) is 57.3. The standard InChI is InChI=1S/C30H52/c1-20(2)21-12-17-27(5)22(21)13-18-29(7)24(27)10-11-25-28(6)16-9-15-26(3,4)23(28)14-19-30(25,29)8/h20-25H,9-19H2,1-8H3/t21-,22+,23+,24-,25-,27-,28+,29-,30-/m1/s1. The highest BCUT2D eigenvalue weighted by molar-refractivity contribution is 5.18. The molecule has 172 valence electrons. The third kappa shape index (κ3) is 2.52. The van der Waals surface area contributed by atoms with E-state index in [-0.39, 0.29) is 0 Å². The van der Waals surface area contributed by atoms with Gasteiger partial charge in [-0.2, -0.15) is 0 Å². The van der Waals surface area contributed by atoms with E-state index in [1.807, 2.05) is 0 Å². The van der Waals surface area contributed by atoms with Gasteiger partial charge in [-0.1, -0.05) is 61.8 Å². The van der Waals surface area contributed by atoms with Crippen molar-refractivity contribution in [1.29, 1.82) is 0 Å². The summed E-state index contributed by atoms with van der Waals surface area (Å²) in [6.45, 7) is 21.4. The molecule has 5 fully saturated rings. The van der Waals surface area contributed by atoms with Crippen LogP contribution in [0.5, 0.6) is 0 Å². The van der Waals surface area contributed by atoms with Gasteiger partial charge in [-0.05, 0) is 127 Å². The quantitative estimate of drug-likeness (QED) is 0.402. The maximum absolute atomic E-state index is 2.81. The Labute approximate surface area is 188 Å². The summed E-state index contributed by atoms with van der Waals surface area (Å²) in [6, 6.07) is 0. The van der Waals surface area contributed by atoms with Crippen LogP contribution in [0.4, 0.5) is 0 Å². The van der Waals surface area contributed by atoms with Crippen LogP contribution in [0, 0.1) is 62.6 Å². The first-order chi connectivity index (χ1) is 13.9. The Morgan fingerprint density at radius 1 is 0.567 bits per heavy atom. The summed E-state index contributed by atoms with van der Waals surface area (Å²) >= 11 is 0. The van der Waals surface area contributed by atoms with Crippen LogP contribution in [0.1, 0.15) is 126 Å². The van der Waals surface area contributed by atoms with Gasteiger partial charge in [0.1, 0.15) is 0 Å². The minimum absolute atomic E-state index is 0.561. The lowest BCUT2D eigenvalue weighted by Gasteiger charge is -2.73. The molecule has 5 saturated carbocycles. The third-order valence-electron chi connectivity index (χ3n) is 13.6. The minimum Gasteiger partial charge on any atom is -0.0625 e. The average molecular weight is 413 g/mol. The van der Waals surface area contributed by atoms with Crippen molar-refractivity contribution in [2.24, 2.45) is 62.6 Å². The molecule has 0 radical (unpaired) electrons. The smallest absolute Gasteiger partial charge is 0.0235 e. The van der Waals surface area contributed by atoms with Gasteiger partial charge in [0.2, 0.25) is 0 Å². The molecule has 0 aromatic rings. The molecule has 0 unspecified atom stereocenters. The zero-order chi connectivity index (χ0) is 21.7. The van der Waals surface area contributed by atoms with E-state index in [1.54, 1.807) is 0 Å². The molecule has 0 nitrogen and oxygen atoms in total. The van der Waals surface area contributed by atoms with E-state index in [9.17, 15) is 0 Å². The topological polar surface area (TPSA) is 0 Å². The summed E-state index contributed by atoms with van der Waals surface area (Å²) in [7, 11) is 0. The van der Waals surface area contributed by atoms with Gasteiger partial charge in [0.15, 0.2) is 0 Å². The lowest BCUT2D eigenvalue weighted by molar-refractivity contribution is -0.241. The first-order valence-electron chi connectivity index (χ1n) is 13.9. The van der Waals surface area contributed by atoms with Crippen LogP contribution in [0.3, 0.4) is 0 Å². The predicted octanol–water partition coefficient (Wildman–Crippen LogP) is 9.13. The summed E-state index contributed by atoms with van der Waals surface area (Å²) in [5, 5.41) is 0. The third-order valence-corrected chi connectivity index (χ3v) is 13.6. The lowest BCUT2D eigenvalue weighted by atomic mass is 9.32. The Hall–Kier alpha value is 0. The molecule has 0 N–H and O–H groups in total. The van der Waals surface area contributed by atoms with Gasteiger partial charge in [-0.25, -0.2) is 0 Å². The zero-order valence-electron chi connectivity index (χ0n) is 21.7. The van der Waals surface area contributed by atoms with E-state index in [0.29, 0.717) is 27.1 Å². The second-order valence-electron chi connectivity index (χ2n) is 15.1. The predicted molar refractivity (Wildman–Crippen MR) is 129 cm³/mol. The Bertz CT molecular complexity index is 688. The maximum Gasteiger partial charge on any atom is -0.0235 e. The monoisotopic (exact) mass is 412 g/mol. The van der Waals surface area contributed by atoms with Crippen molar-refractivity contribution in [1.82, 2.24) is 0 Å². The Kier molecular flexibility index (Phi) is 4.75. The van der Waals surface area contributed by atoms with E-state index in [0.717, 1.165) is 35.5 Å². The molecule has 0 aromatic heterocycles. The van der Waals surface area contributed by atoms with Crippen molar-refractivity contribution in [3.63, 3.8) is 0 Å². The molecule has 0 amide bonds. The summed E-state index contributed by atoms with van der Waals surface area (Å²) in [5.41, 5.74) is 2.92. The molecule has 5 aliphatic rings. The van der Waals surface area contributed by atoms with Crippen molar-refractivity contribution in [3.05, 3.63) is 0 Å². The summed E-state index contributed by atoms with van der Waals surface area (Å²) in [5.74, 6) is 5.79. The van der Waals surface area contributed by atoms with Crippen LogP contribution < -0.4 is 0 Å². The fraction of sp³-hybridized carbons (Fsp3) is 1.00. The average Bonchev–Trinajstić information content (AvgIpc) is 2.99. The SMILES string of the molecule is CC(C)[C@H]1CC[C@@]2(C)[C@H]3CC[C@@H]4[C@@]5(C)CCCC(C)(C)[C@@H]5CC[C@@]4(C)[C@]3(C)CC[C@@H]12. The molecule has 0 saturated heterocycles. The van der Waals surface area contributed by atoms with E-state index in [2.05, 4.69) is 55.4 Å². The molecule has 0 heterocycles. The second kappa shape index (κ2) is 6.53. The largest absolute Gasteiger partial charge is 0.0625 e. The van der Waals surface area contributed by atoms with Crippen molar-refractivity contribution in [2.75, 3.05) is 0 Å². The zero-order valence-corrected chi connectivity index (χ0v) is 21.7. The van der Waals surface area contributed by atoms with Gasteiger partial charge in [0.05, 0.1) is 0 Å². The summed E-state index contributed by atoms with van der Waals surface area (Å²) in [6.07, 6.45) is 16.6. The molecule has 30 heavy (non-hydrogen) atoms. The summed E-state index contributed by atoms with van der Waals surface area (Å²) in [4.78, 5) is 0. The Morgan fingerprint density at radius 3 is 1.80 bits per heavy atom. The summed E-state index contributed by atoms with van der Waals surface area (Å²) < 4.78 is 0. The van der Waals surface area contributed by atoms with Gasteiger partial charge in [-0.15, -0.1) is 0 Å². The number of rotatable bonds is 1. The fourth-order valence-corrected chi connectivity index (χ4v) is 12.1. The van der Waals surface area contributed by atoms with Crippen molar-refractivity contribution >= 4 is 0 Å². The van der Waals surface area contributed by atoms with Crippen molar-refractivity contribution < 1.29 is 0 Å². The van der Waals surface area contributed by atoms with Crippen LogP contribution >= 0.6 is 0 Å². The maximum atomic E-state index is 2.81. The number of hydrogen-bond donors (Lipinski definition) is 0. The molecular formula is C30H52. The van der Waals surface area contributed by atoms with Crippen molar-refractivity contribution in [3.8, 4) is 0 Å². The highest BCUT2D eigenvalue weighted by Gasteiger charge is 2.70. The van der Waals surface area contributed by atoms with Crippen LogP contribution in [0.2, 0.25) is 0 Å². The number of hydrogen-bond acceptors (Lipinski definition) is 0. The van der Waals surface area contributed by atoms with E-state index < -0.39 is 0 Å². The van der Waals surface area contributed by atoms with Crippen LogP contribution in [-0.4, -0.2) is 0 Å². The second-order valence-corrected chi connectivity index (χ2v) is 15.1. The van der Waals surface area contributed by atoms with Gasteiger partial charge in [0.25, 0.3) is 0 Å². The molecular weight excluding hydrogens is 360 g/mol. The van der Waals surface area contributed by atoms with Gasteiger partial charge >= 0.3 is 0 Å². The van der Waals surface area contributed by atoms with E-state index in [1.165, 1.54) is 70.6 Å². The van der Waals surface area contributed by atoms with Gasteiger partial charge in [0, 0.05) is 0 Å². The van der Waals surface area contributed by atoms with Crippen LogP contribution in [0.25, 0.3) is 0 Å². The lowest BCUT2D eigenvalue weighted by Crippen LogP contribution is -2.65. The molecule has 5 rings (SSSR count).